The van der Waals surface area contributed by atoms with E-state index in [9.17, 15) is 9.59 Å². The minimum atomic E-state index is -0.567. The minimum Gasteiger partial charge on any atom is -0.352 e. The van der Waals surface area contributed by atoms with Crippen LogP contribution in [-0.4, -0.2) is 18.5 Å². The predicted octanol–water partition coefficient (Wildman–Crippen LogP) is 3.53. The van der Waals surface area contributed by atoms with Gasteiger partial charge in [0.1, 0.15) is 0 Å². The van der Waals surface area contributed by atoms with Crippen LogP contribution in [0.25, 0.3) is 0 Å². The number of hydrogen-bond acceptors (Lipinski definition) is 3. The molecular weight excluding hydrogens is 334 g/mol. The summed E-state index contributed by atoms with van der Waals surface area (Å²) in [5.41, 5.74) is 7.36. The molecule has 0 unspecified atom stereocenters. The summed E-state index contributed by atoms with van der Waals surface area (Å²) in [6.45, 7) is 4.72. The molecule has 1 heterocycles. The number of primary amides is 1. The van der Waals surface area contributed by atoms with E-state index in [-0.39, 0.29) is 11.9 Å². The number of hydrogen-bond donors (Lipinski definition) is 3. The van der Waals surface area contributed by atoms with Crippen LogP contribution in [-0.2, 0) is 4.79 Å². The second kappa shape index (κ2) is 9.22. The molecule has 1 aromatic heterocycles. The minimum absolute atomic E-state index is 0.0439. The Morgan fingerprint density at radius 1 is 1.12 bits per heavy atom. The normalized spacial score (nSPS) is 12.0. The molecule has 0 radical (unpaired) electrons. The lowest BCUT2D eigenvalue weighted by Crippen LogP contribution is -2.32. The number of carbonyl (C=O) groups is 2. The van der Waals surface area contributed by atoms with E-state index in [1.54, 1.807) is 11.3 Å². The van der Waals surface area contributed by atoms with E-state index in [4.69, 9.17) is 5.73 Å². The van der Waals surface area contributed by atoms with Crippen LogP contribution in [0.15, 0.2) is 41.8 Å². The molecular formula is C19H25N3O2S. The fourth-order valence-corrected chi connectivity index (χ4v) is 3.34. The number of nitrogens with one attached hydrogen (secondary N) is 2. The molecule has 0 spiro atoms. The molecule has 134 valence electrons. The third-order valence-corrected chi connectivity index (χ3v) is 4.89. The van der Waals surface area contributed by atoms with Crippen LogP contribution in [0, 0.1) is 0 Å². The first-order valence-electron chi connectivity index (χ1n) is 8.43. The summed E-state index contributed by atoms with van der Waals surface area (Å²) in [6.07, 6.45) is 0.893. The SMILES string of the molecule is CC(C)c1ccc([C@H](NC(=O)CCCNC(N)=O)c2cccs2)cc1. The molecule has 0 saturated carbocycles. The number of urea groups is 1. The Morgan fingerprint density at radius 2 is 1.80 bits per heavy atom. The lowest BCUT2D eigenvalue weighted by molar-refractivity contribution is -0.121. The van der Waals surface area contributed by atoms with Crippen LogP contribution in [0.4, 0.5) is 4.79 Å². The van der Waals surface area contributed by atoms with E-state index < -0.39 is 6.03 Å². The highest BCUT2D eigenvalue weighted by Gasteiger charge is 2.18. The highest BCUT2D eigenvalue weighted by molar-refractivity contribution is 7.10. The van der Waals surface area contributed by atoms with Crippen molar-refractivity contribution in [2.45, 2.75) is 38.6 Å². The van der Waals surface area contributed by atoms with Gasteiger partial charge >= 0.3 is 6.03 Å². The Morgan fingerprint density at radius 3 is 2.36 bits per heavy atom. The largest absolute Gasteiger partial charge is 0.352 e. The molecule has 0 fully saturated rings. The molecule has 0 aliphatic rings. The molecule has 1 aromatic carbocycles. The van der Waals surface area contributed by atoms with Gasteiger partial charge in [0, 0.05) is 17.8 Å². The van der Waals surface area contributed by atoms with Crippen LogP contribution >= 0.6 is 11.3 Å². The number of amides is 3. The van der Waals surface area contributed by atoms with Gasteiger partial charge in [-0.3, -0.25) is 4.79 Å². The Kier molecular flexibility index (Phi) is 7.01. The van der Waals surface area contributed by atoms with Crippen LogP contribution in [0.1, 0.15) is 54.7 Å². The first kappa shape index (κ1) is 19.0. The maximum absolute atomic E-state index is 12.3. The quantitative estimate of drug-likeness (QED) is 0.630. The number of nitrogens with two attached hydrogens (primary N) is 1. The van der Waals surface area contributed by atoms with Gasteiger partial charge in [-0.15, -0.1) is 11.3 Å². The van der Waals surface area contributed by atoms with E-state index in [1.165, 1.54) is 5.56 Å². The van der Waals surface area contributed by atoms with E-state index in [0.717, 1.165) is 10.4 Å². The molecule has 0 bridgehead atoms. The topological polar surface area (TPSA) is 84.2 Å². The van der Waals surface area contributed by atoms with Gasteiger partial charge in [-0.25, -0.2) is 4.79 Å². The molecule has 3 amide bonds. The fourth-order valence-electron chi connectivity index (χ4n) is 2.54. The van der Waals surface area contributed by atoms with Crippen molar-refractivity contribution in [3.05, 3.63) is 57.8 Å². The van der Waals surface area contributed by atoms with Crippen LogP contribution < -0.4 is 16.4 Å². The highest BCUT2D eigenvalue weighted by atomic mass is 32.1. The molecule has 4 N–H and O–H groups in total. The zero-order valence-corrected chi connectivity index (χ0v) is 15.4. The number of thiophene rings is 1. The van der Waals surface area contributed by atoms with Crippen molar-refractivity contribution in [1.29, 1.82) is 0 Å². The zero-order chi connectivity index (χ0) is 18.2. The summed E-state index contributed by atoms with van der Waals surface area (Å²) >= 11 is 1.62. The van der Waals surface area contributed by atoms with Crippen molar-refractivity contribution in [3.8, 4) is 0 Å². The molecule has 25 heavy (non-hydrogen) atoms. The number of benzene rings is 1. The molecule has 5 nitrogen and oxygen atoms in total. The Hall–Kier alpha value is -2.34. The van der Waals surface area contributed by atoms with E-state index >= 15 is 0 Å². The lowest BCUT2D eigenvalue weighted by atomic mass is 9.98. The highest BCUT2D eigenvalue weighted by Crippen LogP contribution is 2.27. The summed E-state index contributed by atoms with van der Waals surface area (Å²) in [6, 6.07) is 11.7. The van der Waals surface area contributed by atoms with Crippen molar-refractivity contribution in [3.63, 3.8) is 0 Å². The van der Waals surface area contributed by atoms with Crippen molar-refractivity contribution in [2.24, 2.45) is 5.73 Å². The maximum atomic E-state index is 12.3. The summed E-state index contributed by atoms with van der Waals surface area (Å²) in [5, 5.41) is 7.60. The molecule has 0 saturated heterocycles. The van der Waals surface area contributed by atoms with Crippen molar-refractivity contribution >= 4 is 23.3 Å². The molecule has 6 heteroatoms. The third kappa shape index (κ3) is 5.90. The third-order valence-electron chi connectivity index (χ3n) is 3.95. The second-order valence-electron chi connectivity index (χ2n) is 6.23. The van der Waals surface area contributed by atoms with Gasteiger partial charge in [-0.05, 0) is 34.9 Å². The smallest absolute Gasteiger partial charge is 0.312 e. The van der Waals surface area contributed by atoms with Gasteiger partial charge in [-0.1, -0.05) is 44.2 Å². The number of rotatable bonds is 8. The first-order valence-corrected chi connectivity index (χ1v) is 9.31. The zero-order valence-electron chi connectivity index (χ0n) is 14.6. The molecule has 1 atom stereocenters. The van der Waals surface area contributed by atoms with Gasteiger partial charge in [0.2, 0.25) is 5.91 Å². The monoisotopic (exact) mass is 359 g/mol. The predicted molar refractivity (Wildman–Crippen MR) is 102 cm³/mol. The molecule has 2 rings (SSSR count). The van der Waals surface area contributed by atoms with Crippen LogP contribution in [0.3, 0.4) is 0 Å². The van der Waals surface area contributed by atoms with Crippen LogP contribution in [0.5, 0.6) is 0 Å². The van der Waals surface area contributed by atoms with Gasteiger partial charge in [0.25, 0.3) is 0 Å². The van der Waals surface area contributed by atoms with E-state index in [1.807, 2.05) is 17.5 Å². The van der Waals surface area contributed by atoms with Gasteiger partial charge in [0.05, 0.1) is 6.04 Å². The molecule has 0 aliphatic heterocycles. The number of carbonyl (C=O) groups excluding carboxylic acids is 2. The standard InChI is InChI=1S/C19H25N3O2S/c1-13(2)14-7-9-15(10-8-14)18(16-5-4-12-25-16)22-17(23)6-3-11-21-19(20)24/h4-5,7-10,12-13,18H,3,6,11H2,1-2H3,(H,22,23)(H3,20,21,24)/t18-/m0/s1. The Labute approximate surface area is 152 Å². The van der Waals surface area contributed by atoms with Crippen molar-refractivity contribution < 1.29 is 9.59 Å². The van der Waals surface area contributed by atoms with Crippen molar-refractivity contribution in [1.82, 2.24) is 10.6 Å². The van der Waals surface area contributed by atoms with Crippen LogP contribution in [0.2, 0.25) is 0 Å². The van der Waals surface area contributed by atoms with Gasteiger partial charge in [-0.2, -0.15) is 0 Å². The van der Waals surface area contributed by atoms with Gasteiger partial charge in [0.15, 0.2) is 0 Å². The summed E-state index contributed by atoms with van der Waals surface area (Å²) in [7, 11) is 0. The Balaban J connectivity index is 2.04. The van der Waals surface area contributed by atoms with Gasteiger partial charge < -0.3 is 16.4 Å². The van der Waals surface area contributed by atoms with E-state index in [2.05, 4.69) is 48.7 Å². The Bertz CT molecular complexity index is 681. The summed E-state index contributed by atoms with van der Waals surface area (Å²) < 4.78 is 0. The van der Waals surface area contributed by atoms with Crippen molar-refractivity contribution in [2.75, 3.05) is 6.54 Å². The molecule has 0 aliphatic carbocycles. The fraction of sp³-hybridized carbons (Fsp3) is 0.368. The first-order chi connectivity index (χ1) is 12.0. The average Bonchev–Trinajstić information content (AvgIpc) is 3.11. The summed E-state index contributed by atoms with van der Waals surface area (Å²) in [5.74, 6) is 0.430. The maximum Gasteiger partial charge on any atom is 0.312 e. The summed E-state index contributed by atoms with van der Waals surface area (Å²) in [4.78, 5) is 24.0. The van der Waals surface area contributed by atoms with E-state index in [0.29, 0.717) is 25.3 Å². The molecule has 2 aromatic rings. The average molecular weight is 359 g/mol. The lowest BCUT2D eigenvalue weighted by Gasteiger charge is -2.19. The second-order valence-corrected chi connectivity index (χ2v) is 7.21.